The van der Waals surface area contributed by atoms with Crippen LogP contribution in [0.1, 0.15) is 43.7 Å². The molecule has 7 nitrogen and oxygen atoms in total. The summed E-state index contributed by atoms with van der Waals surface area (Å²) >= 11 is 6.58. The molecule has 1 spiro atoms. The summed E-state index contributed by atoms with van der Waals surface area (Å²) in [5.74, 6) is 0.706. The Kier molecular flexibility index (Phi) is 8.39. The van der Waals surface area contributed by atoms with Crippen molar-refractivity contribution in [2.24, 2.45) is 5.92 Å². The molecule has 232 valence electrons. The largest absolute Gasteiger partial charge is 0.497 e. The quantitative estimate of drug-likeness (QED) is 0.308. The number of halogens is 1. The summed E-state index contributed by atoms with van der Waals surface area (Å²) in [4.78, 5) is 30.9. The van der Waals surface area contributed by atoms with E-state index in [1.165, 1.54) is 5.19 Å². The van der Waals surface area contributed by atoms with Gasteiger partial charge in [-0.25, -0.2) is 0 Å². The van der Waals surface area contributed by atoms with Crippen LogP contribution >= 0.6 is 11.6 Å². The van der Waals surface area contributed by atoms with Gasteiger partial charge in [0.2, 0.25) is 5.91 Å². The van der Waals surface area contributed by atoms with Crippen molar-refractivity contribution in [1.82, 2.24) is 0 Å². The number of ether oxygens (including phenoxy) is 2. The lowest BCUT2D eigenvalue weighted by molar-refractivity contribution is -0.146. The van der Waals surface area contributed by atoms with Gasteiger partial charge in [0.1, 0.15) is 5.75 Å². The van der Waals surface area contributed by atoms with Crippen LogP contribution in [0, 0.1) is 5.92 Å². The van der Waals surface area contributed by atoms with Crippen LogP contribution in [-0.4, -0.2) is 51.4 Å². The van der Waals surface area contributed by atoms with Crippen LogP contribution in [0.2, 0.25) is 23.7 Å². The normalized spacial score (nSPS) is 25.2. The topological polar surface area (TPSA) is 79.3 Å². The first-order valence-electron chi connectivity index (χ1n) is 15.6. The number of benzene rings is 3. The third kappa shape index (κ3) is 5.06. The Morgan fingerprint density at radius 1 is 1.05 bits per heavy atom. The molecular formula is C35H41ClN2O5Si. The number of aliphatic hydroxyl groups is 1. The lowest BCUT2D eigenvalue weighted by Crippen LogP contribution is -2.51. The summed E-state index contributed by atoms with van der Waals surface area (Å²) in [5.41, 5.74) is 2.30. The van der Waals surface area contributed by atoms with E-state index < -0.39 is 13.7 Å². The summed E-state index contributed by atoms with van der Waals surface area (Å²) in [7, 11) is -0.594. The number of hydrogen-bond acceptors (Lipinski definition) is 5. The third-order valence-corrected chi connectivity index (χ3v) is 14.7. The van der Waals surface area contributed by atoms with E-state index in [4.69, 9.17) is 21.1 Å². The standard InChI is InChI=1S/C35H41ClN2O5Si/c1-23-33(44(3,4)28-15-13-27(42-2)14-16-28)31(18-20-39)43-35(23)29-21-25(36)10-17-30(29)38(34(35)41)22-24-8-11-26(12-9-24)37-19-6-5-7-32(37)40/h8-17,21,23,31,33,39H,5-7,18-20,22H2,1-4H3/t23-,31+,33-,35+/m0/s1. The first-order chi connectivity index (χ1) is 21.1. The highest BCUT2D eigenvalue weighted by Gasteiger charge is 2.66. The van der Waals surface area contributed by atoms with E-state index in [0.717, 1.165) is 47.6 Å². The molecule has 9 heteroatoms. The summed E-state index contributed by atoms with van der Waals surface area (Å²) in [6.45, 7) is 7.87. The number of hydrogen-bond donors (Lipinski definition) is 1. The first kappa shape index (κ1) is 30.8. The molecule has 0 saturated carbocycles. The molecule has 3 aromatic carbocycles. The van der Waals surface area contributed by atoms with Crippen molar-refractivity contribution in [2.75, 3.05) is 30.1 Å². The third-order valence-electron chi connectivity index (χ3n) is 10.1. The van der Waals surface area contributed by atoms with E-state index in [9.17, 15) is 14.7 Å². The highest BCUT2D eigenvalue weighted by molar-refractivity contribution is 6.91. The minimum absolute atomic E-state index is 0.0246. The first-order valence-corrected chi connectivity index (χ1v) is 19.0. The number of anilines is 2. The van der Waals surface area contributed by atoms with Gasteiger partial charge >= 0.3 is 0 Å². The minimum Gasteiger partial charge on any atom is -0.497 e. The minimum atomic E-state index is -2.26. The molecule has 2 amide bonds. The van der Waals surface area contributed by atoms with E-state index in [-0.39, 0.29) is 36.0 Å². The molecule has 0 aliphatic carbocycles. The second-order valence-electron chi connectivity index (χ2n) is 12.9. The molecule has 3 aliphatic heterocycles. The molecule has 0 unspecified atom stereocenters. The number of amides is 2. The van der Waals surface area contributed by atoms with Crippen molar-refractivity contribution < 1.29 is 24.2 Å². The smallest absolute Gasteiger partial charge is 0.264 e. The SMILES string of the molecule is COc1ccc([Si](C)(C)[C@@H]2[C@@H](CCO)O[C@]3(C(=O)N(Cc4ccc(N5CCCCC5=O)cc4)c4ccc(Cl)cc43)[C@H]2C)cc1. The Labute approximate surface area is 265 Å². The van der Waals surface area contributed by atoms with E-state index in [2.05, 4.69) is 32.2 Å². The molecule has 2 saturated heterocycles. The fourth-order valence-corrected chi connectivity index (χ4v) is 12.1. The van der Waals surface area contributed by atoms with Crippen molar-refractivity contribution in [2.45, 2.75) is 69.5 Å². The van der Waals surface area contributed by atoms with Crippen LogP contribution in [0.4, 0.5) is 11.4 Å². The number of rotatable bonds is 8. The van der Waals surface area contributed by atoms with Crippen LogP contribution in [0.15, 0.2) is 66.7 Å². The van der Waals surface area contributed by atoms with Gasteiger partial charge in [-0.3, -0.25) is 9.59 Å². The Morgan fingerprint density at radius 2 is 1.77 bits per heavy atom. The highest BCUT2D eigenvalue weighted by Crippen LogP contribution is 2.60. The molecule has 0 radical (unpaired) electrons. The van der Waals surface area contributed by atoms with Gasteiger partial charge in [0.05, 0.1) is 33.5 Å². The predicted molar refractivity (Wildman–Crippen MR) is 177 cm³/mol. The van der Waals surface area contributed by atoms with Crippen LogP contribution in [0.3, 0.4) is 0 Å². The second kappa shape index (κ2) is 12.0. The van der Waals surface area contributed by atoms with Crippen LogP contribution in [0.25, 0.3) is 0 Å². The van der Waals surface area contributed by atoms with Gasteiger partial charge in [0, 0.05) is 41.8 Å². The van der Waals surface area contributed by atoms with Crippen molar-refractivity contribution in [3.05, 3.63) is 82.9 Å². The zero-order valence-corrected chi connectivity index (χ0v) is 27.6. The molecule has 0 aromatic heterocycles. The molecule has 2 fully saturated rings. The van der Waals surface area contributed by atoms with Gasteiger partial charge in [-0.1, -0.05) is 61.1 Å². The van der Waals surface area contributed by atoms with E-state index in [1.54, 1.807) is 7.11 Å². The number of piperidine rings is 1. The van der Waals surface area contributed by atoms with Gasteiger partial charge in [0.25, 0.3) is 5.91 Å². The second-order valence-corrected chi connectivity index (χ2v) is 18.0. The summed E-state index contributed by atoms with van der Waals surface area (Å²) in [6.07, 6.45) is 2.68. The summed E-state index contributed by atoms with van der Waals surface area (Å²) in [6, 6.07) is 21.8. The van der Waals surface area contributed by atoms with Crippen molar-refractivity contribution in [3.8, 4) is 5.75 Å². The number of carbonyl (C=O) groups is 2. The Morgan fingerprint density at radius 3 is 2.43 bits per heavy atom. The molecule has 44 heavy (non-hydrogen) atoms. The van der Waals surface area contributed by atoms with E-state index in [1.807, 2.05) is 64.4 Å². The number of aliphatic hydroxyl groups excluding tert-OH is 1. The predicted octanol–water partition coefficient (Wildman–Crippen LogP) is 6.01. The van der Waals surface area contributed by atoms with Gasteiger partial charge in [-0.05, 0) is 72.8 Å². The van der Waals surface area contributed by atoms with Gasteiger partial charge in [-0.2, -0.15) is 0 Å². The molecule has 6 rings (SSSR count). The monoisotopic (exact) mass is 632 g/mol. The van der Waals surface area contributed by atoms with Crippen LogP contribution < -0.4 is 19.7 Å². The van der Waals surface area contributed by atoms with Crippen molar-refractivity contribution >= 4 is 48.1 Å². The lowest BCUT2D eigenvalue weighted by atomic mass is 9.82. The fraction of sp³-hybridized carbons (Fsp3) is 0.429. The number of fused-ring (bicyclic) bond motifs is 2. The lowest BCUT2D eigenvalue weighted by Gasteiger charge is -2.37. The zero-order chi connectivity index (χ0) is 31.2. The Hall–Kier alpha value is -3.17. The average molecular weight is 633 g/mol. The molecule has 3 aliphatic rings. The van der Waals surface area contributed by atoms with Crippen molar-refractivity contribution in [3.63, 3.8) is 0 Å². The molecule has 4 atom stereocenters. The summed E-state index contributed by atoms with van der Waals surface area (Å²) in [5, 5.41) is 11.9. The number of carbonyl (C=O) groups excluding carboxylic acids is 2. The van der Waals surface area contributed by atoms with Gasteiger partial charge < -0.3 is 24.4 Å². The maximum atomic E-state index is 14.8. The van der Waals surface area contributed by atoms with Gasteiger partial charge in [-0.15, -0.1) is 0 Å². The molecule has 0 bridgehead atoms. The zero-order valence-electron chi connectivity index (χ0n) is 25.9. The fourth-order valence-electron chi connectivity index (χ4n) is 7.88. The molecular weight excluding hydrogens is 592 g/mol. The summed E-state index contributed by atoms with van der Waals surface area (Å²) < 4.78 is 12.4. The van der Waals surface area contributed by atoms with Crippen molar-refractivity contribution in [1.29, 1.82) is 0 Å². The maximum Gasteiger partial charge on any atom is 0.264 e. The maximum absolute atomic E-state index is 14.8. The molecule has 1 N–H and O–H groups in total. The number of nitrogens with zero attached hydrogens (tertiary/aromatic N) is 2. The van der Waals surface area contributed by atoms with E-state index >= 15 is 0 Å². The number of methoxy groups -OCH3 is 1. The van der Waals surface area contributed by atoms with E-state index in [0.29, 0.717) is 24.4 Å². The Balaban J connectivity index is 1.35. The highest BCUT2D eigenvalue weighted by atomic mass is 35.5. The average Bonchev–Trinajstić information content (AvgIpc) is 3.44. The van der Waals surface area contributed by atoms with Crippen LogP contribution in [-0.2, 0) is 26.5 Å². The Bertz CT molecular complexity index is 1550. The molecule has 3 aromatic rings. The van der Waals surface area contributed by atoms with Crippen LogP contribution in [0.5, 0.6) is 5.75 Å². The van der Waals surface area contributed by atoms with Gasteiger partial charge in [0.15, 0.2) is 5.60 Å². The molecule has 3 heterocycles.